The lowest BCUT2D eigenvalue weighted by Crippen LogP contribution is -2.22. The lowest BCUT2D eigenvalue weighted by Gasteiger charge is -2.18. The molecule has 0 spiro atoms. The van der Waals surface area contributed by atoms with Crippen molar-refractivity contribution in [1.29, 1.82) is 0 Å². The molecule has 0 fully saturated rings. The summed E-state index contributed by atoms with van der Waals surface area (Å²) >= 11 is 0. The van der Waals surface area contributed by atoms with Crippen molar-refractivity contribution >= 4 is 29.2 Å². The average Bonchev–Trinajstić information content (AvgIpc) is 2.77. The molecule has 162 valence electrons. The van der Waals surface area contributed by atoms with E-state index in [9.17, 15) is 24.5 Å². The zero-order chi connectivity index (χ0) is 22.5. The minimum Gasteiger partial charge on any atom is -0.486 e. The molecule has 31 heavy (non-hydrogen) atoms. The van der Waals surface area contributed by atoms with Crippen LogP contribution in [0.2, 0.25) is 0 Å². The largest absolute Gasteiger partial charge is 0.486 e. The second-order valence-corrected chi connectivity index (χ2v) is 6.42. The number of hydrogen-bond acceptors (Lipinski definition) is 9. The third kappa shape index (κ3) is 4.89. The molecule has 3 rings (SSSR count). The van der Waals surface area contributed by atoms with Gasteiger partial charge in [0.25, 0.3) is 11.6 Å². The zero-order valence-corrected chi connectivity index (χ0v) is 16.6. The van der Waals surface area contributed by atoms with Crippen molar-refractivity contribution in [2.45, 2.75) is 6.92 Å². The summed E-state index contributed by atoms with van der Waals surface area (Å²) in [6.07, 6.45) is 0. The van der Waals surface area contributed by atoms with Crippen LogP contribution in [0.5, 0.6) is 11.5 Å². The van der Waals surface area contributed by atoms with Crippen LogP contribution >= 0.6 is 0 Å². The fraction of sp³-hybridized carbons (Fsp3) is 0.250. The van der Waals surface area contributed by atoms with Crippen LogP contribution in [0.4, 0.5) is 11.4 Å². The molecular weight excluding hydrogens is 412 g/mol. The first kappa shape index (κ1) is 21.6. The van der Waals surface area contributed by atoms with E-state index in [1.54, 1.807) is 13.0 Å². The number of nitro groups is 1. The number of fused-ring (bicyclic) bond motifs is 1. The number of methoxy groups -OCH3 is 1. The number of hydrogen-bond donors (Lipinski definition) is 1. The molecule has 0 bridgehead atoms. The highest BCUT2D eigenvalue weighted by Crippen LogP contribution is 2.36. The molecule has 2 aromatic rings. The predicted octanol–water partition coefficient (Wildman–Crippen LogP) is 2.26. The topological polar surface area (TPSA) is 143 Å². The molecule has 1 aliphatic rings. The van der Waals surface area contributed by atoms with Crippen LogP contribution in [0.15, 0.2) is 30.3 Å². The lowest BCUT2D eigenvalue weighted by atomic mass is 10.1. The molecule has 1 aliphatic heterocycles. The first-order chi connectivity index (χ1) is 14.8. The number of ether oxygens (including phenoxy) is 4. The third-order valence-electron chi connectivity index (χ3n) is 4.34. The number of benzene rings is 2. The van der Waals surface area contributed by atoms with Gasteiger partial charge >= 0.3 is 11.9 Å². The van der Waals surface area contributed by atoms with Crippen LogP contribution in [-0.4, -0.2) is 49.7 Å². The average molecular weight is 430 g/mol. The Morgan fingerprint density at radius 1 is 1.10 bits per heavy atom. The van der Waals surface area contributed by atoms with Gasteiger partial charge in [-0.3, -0.25) is 14.9 Å². The van der Waals surface area contributed by atoms with Crippen molar-refractivity contribution in [2.75, 3.05) is 32.2 Å². The van der Waals surface area contributed by atoms with E-state index in [0.717, 1.165) is 12.1 Å². The molecule has 0 saturated carbocycles. The predicted molar refractivity (Wildman–Crippen MR) is 106 cm³/mol. The number of rotatable bonds is 6. The van der Waals surface area contributed by atoms with Crippen molar-refractivity contribution < 1.29 is 38.3 Å². The number of nitrogens with zero attached hydrogens (tertiary/aromatic N) is 1. The van der Waals surface area contributed by atoms with Crippen LogP contribution in [0.25, 0.3) is 0 Å². The Morgan fingerprint density at radius 2 is 1.77 bits per heavy atom. The zero-order valence-electron chi connectivity index (χ0n) is 16.6. The maximum atomic E-state index is 12.4. The summed E-state index contributed by atoms with van der Waals surface area (Å²) in [6, 6.07) is 6.81. The van der Waals surface area contributed by atoms with E-state index in [-0.39, 0.29) is 35.8 Å². The van der Waals surface area contributed by atoms with E-state index in [1.165, 1.54) is 19.2 Å². The molecule has 0 aliphatic carbocycles. The Labute approximate surface area is 176 Å². The quantitative estimate of drug-likeness (QED) is 0.414. The second-order valence-electron chi connectivity index (χ2n) is 6.42. The summed E-state index contributed by atoms with van der Waals surface area (Å²) < 4.78 is 20.2. The monoisotopic (exact) mass is 430 g/mol. The number of nitro benzene ring substituents is 1. The van der Waals surface area contributed by atoms with Gasteiger partial charge in [0.2, 0.25) is 0 Å². The molecule has 1 amide bonds. The van der Waals surface area contributed by atoms with Gasteiger partial charge in [-0.15, -0.1) is 0 Å². The smallest absolute Gasteiger partial charge is 0.345 e. The first-order valence-electron chi connectivity index (χ1n) is 9.04. The van der Waals surface area contributed by atoms with Crippen molar-refractivity contribution in [3.63, 3.8) is 0 Å². The van der Waals surface area contributed by atoms with Crippen LogP contribution < -0.4 is 14.8 Å². The SMILES string of the molecule is COC(=O)c1ccc(C)c(NC(=O)COC(=O)c2cc3c(cc2[N+](=O)[O-])OCCO3)c1. The first-order valence-corrected chi connectivity index (χ1v) is 9.04. The number of anilines is 1. The third-order valence-corrected chi connectivity index (χ3v) is 4.34. The number of aryl methyl sites for hydroxylation is 1. The van der Waals surface area contributed by atoms with Crippen molar-refractivity contribution in [3.8, 4) is 11.5 Å². The molecule has 0 unspecified atom stereocenters. The van der Waals surface area contributed by atoms with Gasteiger partial charge in [0.15, 0.2) is 18.1 Å². The van der Waals surface area contributed by atoms with Gasteiger partial charge in [-0.25, -0.2) is 9.59 Å². The van der Waals surface area contributed by atoms with Gasteiger partial charge in [-0.1, -0.05) is 6.07 Å². The van der Waals surface area contributed by atoms with Crippen LogP contribution in [0.3, 0.4) is 0 Å². The van der Waals surface area contributed by atoms with Gasteiger partial charge in [0, 0.05) is 11.8 Å². The van der Waals surface area contributed by atoms with Gasteiger partial charge in [-0.2, -0.15) is 0 Å². The Balaban J connectivity index is 1.71. The minimum absolute atomic E-state index is 0.146. The highest BCUT2D eigenvalue weighted by molar-refractivity contribution is 5.99. The maximum Gasteiger partial charge on any atom is 0.345 e. The van der Waals surface area contributed by atoms with Crippen LogP contribution in [0.1, 0.15) is 26.3 Å². The number of esters is 2. The summed E-state index contributed by atoms with van der Waals surface area (Å²) in [5.74, 6) is -2.03. The fourth-order valence-corrected chi connectivity index (χ4v) is 2.79. The highest BCUT2D eigenvalue weighted by Gasteiger charge is 2.27. The molecule has 1 N–H and O–H groups in total. The standard InChI is InChI=1S/C20H18N2O9/c1-11-3-4-12(19(24)28-2)7-14(11)21-18(23)10-31-20(25)13-8-16-17(30-6-5-29-16)9-15(13)22(26)27/h3-4,7-9H,5-6,10H2,1-2H3,(H,21,23). The molecule has 2 aromatic carbocycles. The summed E-state index contributed by atoms with van der Waals surface area (Å²) in [4.78, 5) is 46.8. The molecular formula is C20H18N2O9. The van der Waals surface area contributed by atoms with E-state index in [2.05, 4.69) is 10.1 Å². The molecule has 0 radical (unpaired) electrons. The van der Waals surface area contributed by atoms with E-state index < -0.39 is 35.1 Å². The molecule has 0 atom stereocenters. The van der Waals surface area contributed by atoms with Crippen molar-refractivity contribution in [1.82, 2.24) is 0 Å². The highest BCUT2D eigenvalue weighted by atomic mass is 16.6. The summed E-state index contributed by atoms with van der Waals surface area (Å²) in [5.41, 5.74) is 0.318. The van der Waals surface area contributed by atoms with E-state index in [1.807, 2.05) is 0 Å². The van der Waals surface area contributed by atoms with Gasteiger partial charge in [-0.05, 0) is 24.6 Å². The van der Waals surface area contributed by atoms with Crippen molar-refractivity contribution in [2.24, 2.45) is 0 Å². The maximum absolute atomic E-state index is 12.4. The number of nitrogens with one attached hydrogen (secondary N) is 1. The van der Waals surface area contributed by atoms with Gasteiger partial charge in [0.05, 0.1) is 23.7 Å². The van der Waals surface area contributed by atoms with E-state index in [0.29, 0.717) is 11.3 Å². The summed E-state index contributed by atoms with van der Waals surface area (Å²) in [6.45, 7) is 1.46. The van der Waals surface area contributed by atoms with Gasteiger partial charge in [0.1, 0.15) is 18.8 Å². The molecule has 0 saturated heterocycles. The Hall–Kier alpha value is -4.15. The number of carbonyl (C=O) groups excluding carboxylic acids is 3. The summed E-state index contributed by atoms with van der Waals surface area (Å²) in [5, 5.41) is 13.8. The second kappa shape index (κ2) is 9.11. The Kier molecular flexibility index (Phi) is 6.34. The number of amides is 1. The Bertz CT molecular complexity index is 1060. The summed E-state index contributed by atoms with van der Waals surface area (Å²) in [7, 11) is 1.23. The minimum atomic E-state index is -1.07. The molecule has 11 heteroatoms. The van der Waals surface area contributed by atoms with E-state index in [4.69, 9.17) is 14.2 Å². The normalized spacial score (nSPS) is 11.9. The van der Waals surface area contributed by atoms with Crippen LogP contribution in [-0.2, 0) is 14.3 Å². The van der Waals surface area contributed by atoms with E-state index >= 15 is 0 Å². The Morgan fingerprint density at radius 3 is 2.42 bits per heavy atom. The number of carbonyl (C=O) groups is 3. The molecule has 11 nitrogen and oxygen atoms in total. The lowest BCUT2D eigenvalue weighted by molar-refractivity contribution is -0.385. The fourth-order valence-electron chi connectivity index (χ4n) is 2.79. The molecule has 1 heterocycles. The van der Waals surface area contributed by atoms with Crippen LogP contribution in [0, 0.1) is 17.0 Å². The van der Waals surface area contributed by atoms with Crippen molar-refractivity contribution in [3.05, 3.63) is 57.1 Å². The molecule has 0 aromatic heterocycles. The van der Waals surface area contributed by atoms with Gasteiger partial charge < -0.3 is 24.3 Å².